The highest BCUT2D eigenvalue weighted by molar-refractivity contribution is 5.97. The van der Waals surface area contributed by atoms with E-state index in [1.807, 2.05) is 19.9 Å². The summed E-state index contributed by atoms with van der Waals surface area (Å²) in [6.45, 7) is 4.40. The number of furan rings is 1. The molecular formula is C14H16N2O4. The van der Waals surface area contributed by atoms with Gasteiger partial charge in [-0.1, -0.05) is 0 Å². The molecule has 0 spiro atoms. The zero-order valence-corrected chi connectivity index (χ0v) is 11.4. The van der Waals surface area contributed by atoms with Crippen molar-refractivity contribution in [2.75, 3.05) is 6.61 Å². The number of amides is 1. The number of nitrogens with one attached hydrogen (secondary N) is 1. The summed E-state index contributed by atoms with van der Waals surface area (Å²) in [5.74, 6) is 0.131. The lowest BCUT2D eigenvalue weighted by Gasteiger charge is -2.14. The Kier molecular flexibility index (Phi) is 4.23. The molecule has 6 nitrogen and oxygen atoms in total. The predicted molar refractivity (Wildman–Crippen MR) is 69.2 cm³/mol. The number of carbonyl (C=O) groups is 1. The summed E-state index contributed by atoms with van der Waals surface area (Å²) < 4.78 is 16.0. The first-order valence-electron chi connectivity index (χ1n) is 6.22. The Morgan fingerprint density at radius 3 is 3.00 bits per heavy atom. The second kappa shape index (κ2) is 5.90. The maximum absolute atomic E-state index is 11.9. The van der Waals surface area contributed by atoms with E-state index in [0.29, 0.717) is 12.4 Å². The van der Waals surface area contributed by atoms with Crippen LogP contribution in [0.1, 0.15) is 19.6 Å². The van der Waals surface area contributed by atoms with E-state index in [2.05, 4.69) is 5.32 Å². The molecule has 1 aromatic rings. The zero-order valence-electron chi connectivity index (χ0n) is 11.4. The molecule has 106 valence electrons. The zero-order chi connectivity index (χ0) is 14.6. The monoisotopic (exact) mass is 276 g/mol. The SMILES string of the molecule is CC1(C)COC(/C=C(/C#N)C(=O)NCc2ccco2)O1. The first-order chi connectivity index (χ1) is 9.50. The van der Waals surface area contributed by atoms with Gasteiger partial charge in [0.05, 0.1) is 25.0 Å². The summed E-state index contributed by atoms with van der Waals surface area (Å²) in [4.78, 5) is 11.9. The summed E-state index contributed by atoms with van der Waals surface area (Å²) >= 11 is 0. The molecule has 1 aliphatic heterocycles. The van der Waals surface area contributed by atoms with Crippen molar-refractivity contribution in [2.24, 2.45) is 0 Å². The number of nitrogens with zero attached hydrogens (tertiary/aromatic N) is 1. The van der Waals surface area contributed by atoms with Gasteiger partial charge in [0.1, 0.15) is 17.4 Å². The third-order valence-corrected chi connectivity index (χ3v) is 2.70. The van der Waals surface area contributed by atoms with Crippen molar-refractivity contribution in [3.63, 3.8) is 0 Å². The van der Waals surface area contributed by atoms with E-state index < -0.39 is 17.8 Å². The second-order valence-corrected chi connectivity index (χ2v) is 5.01. The average molecular weight is 276 g/mol. The quantitative estimate of drug-likeness (QED) is 0.665. The Bertz CT molecular complexity index is 540. The lowest BCUT2D eigenvalue weighted by Crippen LogP contribution is -2.25. The van der Waals surface area contributed by atoms with Gasteiger partial charge in [-0.05, 0) is 32.1 Å². The Balaban J connectivity index is 1.94. The van der Waals surface area contributed by atoms with Crippen LogP contribution in [0.2, 0.25) is 0 Å². The molecule has 6 heteroatoms. The Hall–Kier alpha value is -2.10. The number of hydrogen-bond donors (Lipinski definition) is 1. The molecule has 20 heavy (non-hydrogen) atoms. The first kappa shape index (κ1) is 14.3. The van der Waals surface area contributed by atoms with Gasteiger partial charge in [0, 0.05) is 0 Å². The fraction of sp³-hybridized carbons (Fsp3) is 0.429. The van der Waals surface area contributed by atoms with Crippen molar-refractivity contribution in [1.29, 1.82) is 5.26 Å². The van der Waals surface area contributed by atoms with Crippen LogP contribution in [0, 0.1) is 11.3 Å². The van der Waals surface area contributed by atoms with E-state index in [9.17, 15) is 4.79 Å². The highest BCUT2D eigenvalue weighted by Crippen LogP contribution is 2.23. The third kappa shape index (κ3) is 3.70. The van der Waals surface area contributed by atoms with E-state index in [4.69, 9.17) is 19.2 Å². The van der Waals surface area contributed by atoms with Gasteiger partial charge in [0.15, 0.2) is 6.29 Å². The molecule has 1 amide bonds. The second-order valence-electron chi connectivity index (χ2n) is 5.01. The average Bonchev–Trinajstić information content (AvgIpc) is 3.02. The molecule has 0 bridgehead atoms. The number of hydrogen-bond acceptors (Lipinski definition) is 5. The third-order valence-electron chi connectivity index (χ3n) is 2.70. The van der Waals surface area contributed by atoms with Crippen LogP contribution in [0.5, 0.6) is 0 Å². The molecule has 1 unspecified atom stereocenters. The van der Waals surface area contributed by atoms with E-state index in [1.54, 1.807) is 12.1 Å². The predicted octanol–water partition coefficient (Wildman–Crippen LogP) is 1.50. The van der Waals surface area contributed by atoms with Crippen LogP contribution in [-0.4, -0.2) is 24.4 Å². The fourth-order valence-electron chi connectivity index (χ4n) is 1.72. The molecule has 0 aliphatic carbocycles. The molecule has 0 saturated carbocycles. The van der Waals surface area contributed by atoms with Crippen molar-refractivity contribution in [3.8, 4) is 6.07 Å². The summed E-state index contributed by atoms with van der Waals surface area (Å²) in [7, 11) is 0. The number of ether oxygens (including phenoxy) is 2. The van der Waals surface area contributed by atoms with Crippen molar-refractivity contribution in [2.45, 2.75) is 32.3 Å². The minimum Gasteiger partial charge on any atom is -0.467 e. The molecular weight excluding hydrogens is 260 g/mol. The van der Waals surface area contributed by atoms with Crippen molar-refractivity contribution in [3.05, 3.63) is 35.8 Å². The molecule has 1 aliphatic rings. The summed E-state index contributed by atoms with van der Waals surface area (Å²) in [6.07, 6.45) is 2.23. The van der Waals surface area contributed by atoms with Gasteiger partial charge in [-0.25, -0.2) is 0 Å². The molecule has 1 atom stereocenters. The maximum atomic E-state index is 11.9. The van der Waals surface area contributed by atoms with Crippen molar-refractivity contribution < 1.29 is 18.7 Å². The van der Waals surface area contributed by atoms with Crippen LogP contribution in [-0.2, 0) is 20.8 Å². The number of nitriles is 1. The van der Waals surface area contributed by atoms with Gasteiger partial charge >= 0.3 is 0 Å². The molecule has 2 heterocycles. The Labute approximate surface area is 117 Å². The van der Waals surface area contributed by atoms with Gasteiger partial charge in [0.2, 0.25) is 0 Å². The summed E-state index contributed by atoms with van der Waals surface area (Å²) in [5, 5.41) is 11.6. The molecule has 1 fully saturated rings. The van der Waals surface area contributed by atoms with E-state index in [1.165, 1.54) is 12.3 Å². The minimum absolute atomic E-state index is 0.0424. The first-order valence-corrected chi connectivity index (χ1v) is 6.22. The normalized spacial score (nSPS) is 21.4. The molecule has 0 aromatic carbocycles. The Morgan fingerprint density at radius 1 is 1.65 bits per heavy atom. The van der Waals surface area contributed by atoms with E-state index in [0.717, 1.165) is 0 Å². The number of carbonyl (C=O) groups excluding carboxylic acids is 1. The van der Waals surface area contributed by atoms with Gasteiger partial charge in [-0.3, -0.25) is 4.79 Å². The molecule has 2 rings (SSSR count). The van der Waals surface area contributed by atoms with Crippen LogP contribution in [0.15, 0.2) is 34.5 Å². The van der Waals surface area contributed by atoms with Crippen LogP contribution in [0.25, 0.3) is 0 Å². The van der Waals surface area contributed by atoms with Crippen molar-refractivity contribution >= 4 is 5.91 Å². The lowest BCUT2D eigenvalue weighted by atomic mass is 10.2. The number of rotatable bonds is 4. The minimum atomic E-state index is -0.672. The van der Waals surface area contributed by atoms with Gasteiger partial charge in [-0.15, -0.1) is 0 Å². The molecule has 0 radical (unpaired) electrons. The Morgan fingerprint density at radius 2 is 2.45 bits per heavy atom. The highest BCUT2D eigenvalue weighted by atomic mass is 16.7. The van der Waals surface area contributed by atoms with E-state index >= 15 is 0 Å². The summed E-state index contributed by atoms with van der Waals surface area (Å²) in [6, 6.07) is 5.31. The van der Waals surface area contributed by atoms with Crippen LogP contribution >= 0.6 is 0 Å². The van der Waals surface area contributed by atoms with Crippen LogP contribution < -0.4 is 5.32 Å². The van der Waals surface area contributed by atoms with Gasteiger partial charge in [-0.2, -0.15) is 5.26 Å². The molecule has 1 aromatic heterocycles. The van der Waals surface area contributed by atoms with Crippen LogP contribution in [0.3, 0.4) is 0 Å². The molecule has 1 N–H and O–H groups in total. The molecule has 1 saturated heterocycles. The standard InChI is InChI=1S/C14H16N2O4/c1-14(2)9-19-12(20-14)6-10(7-15)13(17)16-8-11-4-3-5-18-11/h3-6,12H,8-9H2,1-2H3,(H,16,17)/b10-6-. The van der Waals surface area contributed by atoms with Crippen LogP contribution in [0.4, 0.5) is 0 Å². The summed E-state index contributed by atoms with van der Waals surface area (Å²) in [5.41, 5.74) is -0.453. The smallest absolute Gasteiger partial charge is 0.262 e. The van der Waals surface area contributed by atoms with Crippen molar-refractivity contribution in [1.82, 2.24) is 5.32 Å². The van der Waals surface area contributed by atoms with E-state index in [-0.39, 0.29) is 12.1 Å². The lowest BCUT2D eigenvalue weighted by molar-refractivity contribution is -0.117. The highest BCUT2D eigenvalue weighted by Gasteiger charge is 2.32. The largest absolute Gasteiger partial charge is 0.467 e. The topological polar surface area (TPSA) is 84.5 Å². The van der Waals surface area contributed by atoms with Gasteiger partial charge < -0.3 is 19.2 Å². The maximum Gasteiger partial charge on any atom is 0.262 e. The fourth-order valence-corrected chi connectivity index (χ4v) is 1.72. The van der Waals surface area contributed by atoms with Gasteiger partial charge in [0.25, 0.3) is 5.91 Å².